The van der Waals surface area contributed by atoms with Crippen molar-refractivity contribution in [2.24, 2.45) is 11.8 Å². The van der Waals surface area contributed by atoms with E-state index in [4.69, 9.17) is 9.47 Å². The highest BCUT2D eigenvalue weighted by Gasteiger charge is 2.54. The second kappa shape index (κ2) is 6.79. The second-order valence-corrected chi connectivity index (χ2v) is 8.82. The Balaban J connectivity index is 1.34. The highest BCUT2D eigenvalue weighted by atomic mass is 16.6. The van der Waals surface area contributed by atoms with E-state index in [1.807, 2.05) is 0 Å². The highest BCUT2D eigenvalue weighted by molar-refractivity contribution is 5.85. The first kappa shape index (κ1) is 18.2. The van der Waals surface area contributed by atoms with Crippen molar-refractivity contribution in [1.29, 1.82) is 0 Å². The lowest BCUT2D eigenvalue weighted by atomic mass is 9.61. The summed E-state index contributed by atoms with van der Waals surface area (Å²) in [6.07, 6.45) is 7.94. The number of esters is 2. The van der Waals surface area contributed by atoms with Crippen LogP contribution >= 0.6 is 0 Å². The molecule has 0 radical (unpaired) electrons. The number of hydrogen-bond acceptors (Lipinski definition) is 6. The predicted octanol–water partition coefficient (Wildman–Crippen LogP) is 2.24. The van der Waals surface area contributed by atoms with Crippen LogP contribution in [-0.2, 0) is 19.1 Å². The molecule has 4 saturated carbocycles. The number of fused-ring (bicyclic) bond motifs is 2. The van der Waals surface area contributed by atoms with E-state index in [9.17, 15) is 19.8 Å². The largest absolute Gasteiger partial charge is 0.457 e. The molecule has 6 atom stereocenters. The van der Waals surface area contributed by atoms with Crippen molar-refractivity contribution in [2.45, 2.75) is 100 Å². The third-order valence-electron chi connectivity index (χ3n) is 7.51. The van der Waals surface area contributed by atoms with Gasteiger partial charge >= 0.3 is 11.9 Å². The molecule has 0 aromatic heterocycles. The van der Waals surface area contributed by atoms with E-state index in [0.717, 1.165) is 77.0 Å². The zero-order chi connectivity index (χ0) is 18.4. The van der Waals surface area contributed by atoms with Crippen molar-refractivity contribution in [3.8, 4) is 0 Å². The van der Waals surface area contributed by atoms with E-state index in [0.29, 0.717) is 11.8 Å². The van der Waals surface area contributed by atoms with Crippen molar-refractivity contribution < 1.29 is 29.3 Å². The Morgan fingerprint density at radius 1 is 0.692 bits per heavy atom. The molecule has 0 bridgehead atoms. The van der Waals surface area contributed by atoms with Gasteiger partial charge < -0.3 is 19.7 Å². The lowest BCUT2D eigenvalue weighted by molar-refractivity contribution is -0.215. The first-order chi connectivity index (χ1) is 12.5. The summed E-state index contributed by atoms with van der Waals surface area (Å²) in [5.74, 6) is -1.08. The van der Waals surface area contributed by atoms with E-state index in [1.165, 1.54) is 0 Å². The van der Waals surface area contributed by atoms with Gasteiger partial charge in [0.25, 0.3) is 0 Å². The van der Waals surface area contributed by atoms with Crippen LogP contribution in [0.3, 0.4) is 0 Å². The first-order valence-electron chi connectivity index (χ1n) is 10.3. The molecule has 0 heterocycles. The normalized spacial score (nSPS) is 40.7. The molecule has 4 fully saturated rings. The van der Waals surface area contributed by atoms with Crippen LogP contribution < -0.4 is 0 Å². The molecule has 4 aliphatic carbocycles. The fraction of sp³-hybridized carbons (Fsp3) is 0.900. The summed E-state index contributed by atoms with van der Waals surface area (Å²) in [6, 6.07) is 0. The molecule has 4 rings (SSSR count). The van der Waals surface area contributed by atoms with Crippen LogP contribution in [0.5, 0.6) is 0 Å². The van der Waals surface area contributed by atoms with Crippen LogP contribution in [0.15, 0.2) is 0 Å². The number of rotatable bonds is 5. The minimum Gasteiger partial charge on any atom is -0.457 e. The smallest absolute Gasteiger partial charge is 0.338 e. The van der Waals surface area contributed by atoms with Gasteiger partial charge in [-0.1, -0.05) is 12.8 Å². The van der Waals surface area contributed by atoms with Crippen LogP contribution in [0.4, 0.5) is 0 Å². The first-order valence-corrected chi connectivity index (χ1v) is 10.3. The quantitative estimate of drug-likeness (QED) is 0.725. The number of carbonyl (C=O) groups excluding carboxylic acids is 2. The van der Waals surface area contributed by atoms with E-state index >= 15 is 0 Å². The van der Waals surface area contributed by atoms with Gasteiger partial charge in [0, 0.05) is 0 Å². The molecule has 6 unspecified atom stereocenters. The van der Waals surface area contributed by atoms with Crippen molar-refractivity contribution in [3.05, 3.63) is 0 Å². The molecule has 6 heteroatoms. The Morgan fingerprint density at radius 2 is 1.12 bits per heavy atom. The Labute approximate surface area is 154 Å². The molecule has 0 aromatic carbocycles. The average molecular weight is 366 g/mol. The molecular formula is C20H30O6. The third-order valence-corrected chi connectivity index (χ3v) is 7.51. The SMILES string of the molecule is O=C(OC12CCCCC1CC2)C(O)C(O)C(=O)OC12CCCCC1CC2. The molecule has 146 valence electrons. The van der Waals surface area contributed by atoms with Crippen LogP contribution in [0.25, 0.3) is 0 Å². The number of carbonyl (C=O) groups is 2. The minimum atomic E-state index is -1.88. The van der Waals surface area contributed by atoms with Crippen LogP contribution in [0, 0.1) is 11.8 Å². The maximum absolute atomic E-state index is 12.4. The van der Waals surface area contributed by atoms with Crippen LogP contribution in [0.1, 0.15) is 77.0 Å². The van der Waals surface area contributed by atoms with Gasteiger partial charge in [0.1, 0.15) is 11.2 Å². The van der Waals surface area contributed by atoms with Gasteiger partial charge in [0.2, 0.25) is 0 Å². The van der Waals surface area contributed by atoms with Gasteiger partial charge in [-0.3, -0.25) is 0 Å². The summed E-state index contributed by atoms with van der Waals surface area (Å²) < 4.78 is 11.2. The number of hydrogen-bond donors (Lipinski definition) is 2. The van der Waals surface area contributed by atoms with Crippen molar-refractivity contribution in [1.82, 2.24) is 0 Å². The maximum atomic E-state index is 12.4. The zero-order valence-corrected chi connectivity index (χ0v) is 15.3. The predicted molar refractivity (Wildman–Crippen MR) is 92.0 cm³/mol. The number of ether oxygens (including phenoxy) is 2. The van der Waals surface area contributed by atoms with E-state index in [-0.39, 0.29) is 0 Å². The molecule has 26 heavy (non-hydrogen) atoms. The van der Waals surface area contributed by atoms with Gasteiger partial charge in [0.15, 0.2) is 12.2 Å². The van der Waals surface area contributed by atoms with Gasteiger partial charge in [-0.25, -0.2) is 9.59 Å². The molecule has 4 aliphatic rings. The molecular weight excluding hydrogens is 336 g/mol. The summed E-state index contributed by atoms with van der Waals surface area (Å²) in [4.78, 5) is 24.7. The van der Waals surface area contributed by atoms with Crippen molar-refractivity contribution >= 4 is 11.9 Å². The average Bonchev–Trinajstić information content (AvgIpc) is 2.60. The molecule has 0 saturated heterocycles. The summed E-state index contributed by atoms with van der Waals surface area (Å²) in [6.45, 7) is 0. The molecule has 0 spiro atoms. The zero-order valence-electron chi connectivity index (χ0n) is 15.3. The standard InChI is InChI=1S/C20H30O6/c21-15(17(23)25-19-9-3-1-5-13(19)7-11-19)16(22)18(24)26-20-10-4-2-6-14(20)8-12-20/h13-16,21-22H,1-12H2. The Kier molecular flexibility index (Phi) is 4.76. The van der Waals surface area contributed by atoms with Crippen molar-refractivity contribution in [3.63, 3.8) is 0 Å². The lowest BCUT2D eigenvalue weighted by Gasteiger charge is -2.52. The van der Waals surface area contributed by atoms with Gasteiger partial charge in [0.05, 0.1) is 0 Å². The topological polar surface area (TPSA) is 93.1 Å². The molecule has 0 aliphatic heterocycles. The van der Waals surface area contributed by atoms with E-state index in [1.54, 1.807) is 0 Å². The van der Waals surface area contributed by atoms with Gasteiger partial charge in [-0.15, -0.1) is 0 Å². The second-order valence-electron chi connectivity index (χ2n) is 8.82. The minimum absolute atomic E-state index is 0.355. The summed E-state index contributed by atoms with van der Waals surface area (Å²) in [5, 5.41) is 20.4. The van der Waals surface area contributed by atoms with Gasteiger partial charge in [-0.2, -0.15) is 0 Å². The lowest BCUT2D eigenvalue weighted by Crippen LogP contribution is -2.57. The molecule has 2 N–H and O–H groups in total. The Morgan fingerprint density at radius 3 is 1.42 bits per heavy atom. The highest BCUT2D eigenvalue weighted by Crippen LogP contribution is 2.52. The fourth-order valence-electron chi connectivity index (χ4n) is 5.59. The number of aliphatic hydroxyl groups is 2. The van der Waals surface area contributed by atoms with Crippen molar-refractivity contribution in [2.75, 3.05) is 0 Å². The maximum Gasteiger partial charge on any atom is 0.338 e. The molecule has 0 amide bonds. The summed E-state index contributed by atoms with van der Waals surface area (Å²) >= 11 is 0. The van der Waals surface area contributed by atoms with Crippen LogP contribution in [-0.4, -0.2) is 45.6 Å². The van der Waals surface area contributed by atoms with Crippen LogP contribution in [0.2, 0.25) is 0 Å². The van der Waals surface area contributed by atoms with E-state index in [2.05, 4.69) is 0 Å². The molecule has 0 aromatic rings. The Hall–Kier alpha value is -1.14. The Bertz CT molecular complexity index is 527. The fourth-order valence-corrected chi connectivity index (χ4v) is 5.59. The monoisotopic (exact) mass is 366 g/mol. The summed E-state index contributed by atoms with van der Waals surface area (Å²) in [7, 11) is 0. The summed E-state index contributed by atoms with van der Waals surface area (Å²) in [5.41, 5.74) is -0.970. The van der Waals surface area contributed by atoms with Gasteiger partial charge in [-0.05, 0) is 76.0 Å². The van der Waals surface area contributed by atoms with E-state index < -0.39 is 35.3 Å². The third kappa shape index (κ3) is 2.95. The number of aliphatic hydroxyl groups excluding tert-OH is 2. The molecule has 6 nitrogen and oxygen atoms in total.